The van der Waals surface area contributed by atoms with Crippen molar-refractivity contribution in [3.8, 4) is 0 Å². The van der Waals surface area contributed by atoms with Crippen LogP contribution < -0.4 is 19.8 Å². The number of carbonyl (C=O) groups is 1. The summed E-state index contributed by atoms with van der Waals surface area (Å²) in [5.41, 5.74) is 2.99. The Hall–Kier alpha value is -2.88. The molecule has 0 bridgehead atoms. The van der Waals surface area contributed by atoms with E-state index in [0.717, 1.165) is 69.5 Å². The maximum Gasteiger partial charge on any atom is 0.258 e. The van der Waals surface area contributed by atoms with Crippen molar-refractivity contribution < 1.29 is 13.2 Å². The summed E-state index contributed by atoms with van der Waals surface area (Å²) in [4.78, 5) is 27.2. The van der Waals surface area contributed by atoms with Crippen LogP contribution in [0.5, 0.6) is 0 Å². The molecular formula is C26H36N6O3S. The van der Waals surface area contributed by atoms with Crippen molar-refractivity contribution in [2.45, 2.75) is 52.4 Å². The first-order valence-corrected chi connectivity index (χ1v) is 14.8. The summed E-state index contributed by atoms with van der Waals surface area (Å²) in [7, 11) is -3.43. The summed E-state index contributed by atoms with van der Waals surface area (Å²) >= 11 is 0. The predicted molar refractivity (Wildman–Crippen MR) is 143 cm³/mol. The molecule has 9 nitrogen and oxygen atoms in total. The first-order chi connectivity index (χ1) is 17.1. The molecule has 2 saturated heterocycles. The Bertz CT molecular complexity index is 1240. The van der Waals surface area contributed by atoms with E-state index in [9.17, 15) is 13.2 Å². The molecule has 3 fully saturated rings. The number of carbonyl (C=O) groups excluding carboxylic acids is 1. The zero-order chi connectivity index (χ0) is 25.5. The quantitative estimate of drug-likeness (QED) is 0.602. The second-order valence-electron chi connectivity index (χ2n) is 10.9. The van der Waals surface area contributed by atoms with Crippen molar-refractivity contribution in [3.63, 3.8) is 0 Å². The molecule has 0 atom stereocenters. The number of aryl methyl sites for hydroxylation is 1. The lowest BCUT2D eigenvalue weighted by atomic mass is 9.93. The van der Waals surface area contributed by atoms with Gasteiger partial charge in [0, 0.05) is 37.9 Å². The summed E-state index contributed by atoms with van der Waals surface area (Å²) in [6.45, 7) is 7.70. The lowest BCUT2D eigenvalue weighted by molar-refractivity contribution is 0.102. The highest BCUT2D eigenvalue weighted by Crippen LogP contribution is 2.54. The SMILES string of the molecule is Cc1cc(NC(=O)c2ccc(NS(C)(=O)=O)cc2N2CCC3(CC2)CC3)nc(N2CCC(C)CC2)n1. The number of hydrogen-bond acceptors (Lipinski definition) is 7. The number of benzene rings is 1. The Morgan fingerprint density at radius 2 is 1.69 bits per heavy atom. The van der Waals surface area contributed by atoms with Gasteiger partial charge in [0.25, 0.3) is 5.91 Å². The number of amides is 1. The summed E-state index contributed by atoms with van der Waals surface area (Å²) in [5, 5.41) is 2.98. The largest absolute Gasteiger partial charge is 0.371 e. The zero-order valence-corrected chi connectivity index (χ0v) is 22.2. The first-order valence-electron chi connectivity index (χ1n) is 12.9. The van der Waals surface area contributed by atoms with Crippen LogP contribution in [0.4, 0.5) is 23.1 Å². The van der Waals surface area contributed by atoms with Gasteiger partial charge in [0.2, 0.25) is 16.0 Å². The molecule has 1 aliphatic carbocycles. The summed E-state index contributed by atoms with van der Waals surface area (Å²) in [5.74, 6) is 1.56. The monoisotopic (exact) mass is 512 g/mol. The molecule has 3 aliphatic rings. The van der Waals surface area contributed by atoms with Gasteiger partial charge in [-0.15, -0.1) is 0 Å². The van der Waals surface area contributed by atoms with E-state index in [-0.39, 0.29) is 5.91 Å². The van der Waals surface area contributed by atoms with E-state index in [2.05, 4.69) is 36.7 Å². The molecule has 2 aromatic rings. The average molecular weight is 513 g/mol. The zero-order valence-electron chi connectivity index (χ0n) is 21.4. The van der Waals surface area contributed by atoms with E-state index >= 15 is 0 Å². The van der Waals surface area contributed by atoms with Crippen molar-refractivity contribution >= 4 is 39.1 Å². The fourth-order valence-electron chi connectivity index (χ4n) is 5.31. The molecule has 10 heteroatoms. The first kappa shape index (κ1) is 24.8. The Kier molecular flexibility index (Phi) is 6.57. The van der Waals surface area contributed by atoms with Crippen LogP contribution in [0.3, 0.4) is 0 Å². The Balaban J connectivity index is 1.39. The molecule has 0 radical (unpaired) electrons. The lowest BCUT2D eigenvalue weighted by Crippen LogP contribution is -2.36. The summed E-state index contributed by atoms with van der Waals surface area (Å²) in [6.07, 6.45) is 8.11. The van der Waals surface area contributed by atoms with E-state index in [1.165, 1.54) is 12.8 Å². The number of aromatic nitrogens is 2. The van der Waals surface area contributed by atoms with Crippen molar-refractivity contribution in [2.75, 3.05) is 52.3 Å². The molecule has 1 aromatic heterocycles. The highest BCUT2D eigenvalue weighted by molar-refractivity contribution is 7.92. The number of sulfonamides is 1. The van der Waals surface area contributed by atoms with Gasteiger partial charge < -0.3 is 15.1 Å². The van der Waals surface area contributed by atoms with E-state index in [1.54, 1.807) is 24.3 Å². The van der Waals surface area contributed by atoms with Gasteiger partial charge in [0.1, 0.15) is 5.82 Å². The van der Waals surface area contributed by atoms with Crippen LogP contribution in [0.2, 0.25) is 0 Å². The molecule has 1 spiro atoms. The number of piperidine rings is 2. The topological polar surface area (TPSA) is 108 Å². The second-order valence-corrected chi connectivity index (χ2v) is 12.7. The van der Waals surface area contributed by atoms with Crippen LogP contribution >= 0.6 is 0 Å². The molecule has 194 valence electrons. The van der Waals surface area contributed by atoms with Crippen LogP contribution in [0.25, 0.3) is 0 Å². The minimum atomic E-state index is -3.43. The molecule has 1 aromatic carbocycles. The van der Waals surface area contributed by atoms with E-state index in [4.69, 9.17) is 0 Å². The Morgan fingerprint density at radius 3 is 2.33 bits per heavy atom. The van der Waals surface area contributed by atoms with Gasteiger partial charge in [0.15, 0.2) is 0 Å². The molecule has 1 saturated carbocycles. The molecule has 0 unspecified atom stereocenters. The lowest BCUT2D eigenvalue weighted by Gasteiger charge is -2.35. The third-order valence-corrected chi connectivity index (χ3v) is 8.42. The van der Waals surface area contributed by atoms with Crippen molar-refractivity contribution in [3.05, 3.63) is 35.5 Å². The van der Waals surface area contributed by atoms with Crippen molar-refractivity contribution in [2.24, 2.45) is 11.3 Å². The van der Waals surface area contributed by atoms with E-state index in [1.807, 2.05) is 6.92 Å². The highest BCUT2D eigenvalue weighted by Gasteiger charge is 2.44. The minimum Gasteiger partial charge on any atom is -0.371 e. The third-order valence-electron chi connectivity index (χ3n) is 7.82. The molecule has 1 amide bonds. The van der Waals surface area contributed by atoms with Crippen LogP contribution in [0, 0.1) is 18.3 Å². The average Bonchev–Trinajstić information content (AvgIpc) is 3.57. The minimum absolute atomic E-state index is 0.265. The van der Waals surface area contributed by atoms with Crippen molar-refractivity contribution in [1.29, 1.82) is 0 Å². The van der Waals surface area contributed by atoms with E-state index in [0.29, 0.717) is 34.3 Å². The summed E-state index contributed by atoms with van der Waals surface area (Å²) < 4.78 is 26.2. The third kappa shape index (κ3) is 5.74. The number of hydrogen-bond donors (Lipinski definition) is 2. The van der Waals surface area contributed by atoms with Crippen LogP contribution in [0.1, 0.15) is 61.5 Å². The number of nitrogens with zero attached hydrogens (tertiary/aromatic N) is 4. The number of rotatable bonds is 6. The maximum absolute atomic E-state index is 13.5. The highest BCUT2D eigenvalue weighted by atomic mass is 32.2. The van der Waals surface area contributed by atoms with Gasteiger partial charge in [-0.25, -0.2) is 13.4 Å². The molecular weight excluding hydrogens is 476 g/mol. The number of anilines is 4. The standard InChI is InChI=1S/C26H36N6O3S/c1-18-6-12-32(13-7-18)25-27-19(2)16-23(29-25)28-24(33)21-5-4-20(30-36(3,34)35)17-22(21)31-14-10-26(8-9-26)11-15-31/h4-5,16-18,30H,6-15H2,1-3H3,(H,27,28,29,33). The second kappa shape index (κ2) is 9.53. The summed E-state index contributed by atoms with van der Waals surface area (Å²) in [6, 6.07) is 6.88. The maximum atomic E-state index is 13.5. The molecule has 2 N–H and O–H groups in total. The molecule has 2 aliphatic heterocycles. The van der Waals surface area contributed by atoms with Crippen LogP contribution in [-0.2, 0) is 10.0 Å². The van der Waals surface area contributed by atoms with Gasteiger partial charge in [0.05, 0.1) is 23.2 Å². The van der Waals surface area contributed by atoms with Gasteiger partial charge in [-0.3, -0.25) is 9.52 Å². The normalized spacial score (nSPS) is 19.9. The van der Waals surface area contributed by atoms with Gasteiger partial charge in [-0.05, 0) is 75.0 Å². The van der Waals surface area contributed by atoms with Crippen LogP contribution in [0.15, 0.2) is 24.3 Å². The fraction of sp³-hybridized carbons (Fsp3) is 0.577. The van der Waals surface area contributed by atoms with Gasteiger partial charge >= 0.3 is 0 Å². The molecule has 5 rings (SSSR count). The smallest absolute Gasteiger partial charge is 0.258 e. The van der Waals surface area contributed by atoms with Gasteiger partial charge in [-0.1, -0.05) is 6.92 Å². The Morgan fingerprint density at radius 1 is 1.00 bits per heavy atom. The van der Waals surface area contributed by atoms with Crippen molar-refractivity contribution in [1.82, 2.24) is 9.97 Å². The molecule has 3 heterocycles. The van der Waals surface area contributed by atoms with E-state index < -0.39 is 10.0 Å². The predicted octanol–water partition coefficient (Wildman–Crippen LogP) is 4.03. The van der Waals surface area contributed by atoms with Gasteiger partial charge in [-0.2, -0.15) is 4.98 Å². The van der Waals surface area contributed by atoms with Crippen LogP contribution in [-0.4, -0.2) is 56.7 Å². The number of nitrogens with one attached hydrogen (secondary N) is 2. The molecule has 36 heavy (non-hydrogen) atoms. The fourth-order valence-corrected chi connectivity index (χ4v) is 5.87. The Labute approximate surface area is 213 Å².